The van der Waals surface area contributed by atoms with Crippen molar-refractivity contribution in [3.8, 4) is 0 Å². The zero-order valence-corrected chi connectivity index (χ0v) is 17.9. The zero-order valence-electron chi connectivity index (χ0n) is 17.9. The molecule has 0 N–H and O–H groups in total. The summed E-state index contributed by atoms with van der Waals surface area (Å²) < 4.78 is 0. The first-order valence-electron chi connectivity index (χ1n) is 10.6. The van der Waals surface area contributed by atoms with Gasteiger partial charge in [-0.05, 0) is 61.9 Å². The molecular weight excluding hydrogens is 342 g/mol. The van der Waals surface area contributed by atoms with Gasteiger partial charge in [-0.2, -0.15) is 0 Å². The van der Waals surface area contributed by atoms with Gasteiger partial charge in [-0.15, -0.1) is 0 Å². The monoisotopic (exact) mass is 377 g/mol. The molecule has 0 spiro atoms. The third-order valence-electron chi connectivity index (χ3n) is 5.71. The lowest BCUT2D eigenvalue weighted by Gasteiger charge is -2.39. The molecule has 0 bridgehead atoms. The molecule has 0 aliphatic carbocycles. The van der Waals surface area contributed by atoms with Gasteiger partial charge in [-0.25, -0.2) is 0 Å². The van der Waals surface area contributed by atoms with Crippen LogP contribution in [0.4, 0.5) is 5.69 Å². The van der Waals surface area contributed by atoms with Crippen LogP contribution in [0.5, 0.6) is 0 Å². The van der Waals surface area contributed by atoms with E-state index in [4.69, 9.17) is 0 Å². The predicted octanol–water partition coefficient (Wildman–Crippen LogP) is 5.64. The summed E-state index contributed by atoms with van der Waals surface area (Å²) in [6.07, 6.45) is 8.62. The summed E-state index contributed by atoms with van der Waals surface area (Å²) in [5.74, 6) is 0.580. The number of benzene rings is 1. The van der Waals surface area contributed by atoms with Crippen molar-refractivity contribution in [2.24, 2.45) is 0 Å². The minimum absolute atomic E-state index is 0.580. The molecule has 0 unspecified atom stereocenters. The predicted molar refractivity (Wildman–Crippen MR) is 120 cm³/mol. The highest BCUT2D eigenvalue weighted by molar-refractivity contribution is 5.50. The van der Waals surface area contributed by atoms with Gasteiger partial charge >= 0.3 is 0 Å². The van der Waals surface area contributed by atoms with Crippen LogP contribution in [0, 0.1) is 0 Å². The highest BCUT2D eigenvalue weighted by atomic mass is 15.2. The molecule has 0 radical (unpaired) electrons. The second-order valence-corrected chi connectivity index (χ2v) is 8.55. The van der Waals surface area contributed by atoms with Gasteiger partial charge in [0.2, 0.25) is 0 Å². The number of allylic oxidation sites excluding steroid dienone is 1. The van der Waals surface area contributed by atoms with E-state index in [1.165, 1.54) is 35.2 Å². The van der Waals surface area contributed by atoms with Gasteiger partial charge in [0.1, 0.15) is 0 Å². The van der Waals surface area contributed by atoms with Gasteiger partial charge in [-0.1, -0.05) is 43.7 Å². The number of anilines is 1. The van der Waals surface area contributed by atoms with E-state index in [9.17, 15) is 0 Å². The third kappa shape index (κ3) is 5.68. The van der Waals surface area contributed by atoms with E-state index < -0.39 is 0 Å². The molecule has 1 aromatic carbocycles. The Hall–Kier alpha value is -2.13. The maximum atomic E-state index is 4.25. The average Bonchev–Trinajstić information content (AvgIpc) is 2.70. The number of piperidine rings is 1. The number of likely N-dealkylation sites (tertiary alicyclic amines) is 1. The summed E-state index contributed by atoms with van der Waals surface area (Å²) in [5.41, 5.74) is 5.47. The number of aromatic nitrogens is 1. The van der Waals surface area contributed by atoms with Gasteiger partial charge in [0.25, 0.3) is 0 Å². The highest BCUT2D eigenvalue weighted by Gasteiger charge is 2.24. The van der Waals surface area contributed by atoms with Crippen molar-refractivity contribution in [3.63, 3.8) is 0 Å². The number of hydrogen-bond acceptors (Lipinski definition) is 3. The molecule has 3 rings (SSSR count). The van der Waals surface area contributed by atoms with Crippen LogP contribution in [0.25, 0.3) is 0 Å². The van der Waals surface area contributed by atoms with Crippen LogP contribution >= 0.6 is 0 Å². The summed E-state index contributed by atoms with van der Waals surface area (Å²) in [7, 11) is 0. The largest absolute Gasteiger partial charge is 0.365 e. The van der Waals surface area contributed by atoms with Gasteiger partial charge < -0.3 is 4.90 Å². The lowest BCUT2D eigenvalue weighted by atomic mass is 9.99. The van der Waals surface area contributed by atoms with E-state index in [2.05, 4.69) is 78.9 Å². The Bertz CT molecular complexity index is 737. The molecule has 150 valence electrons. The van der Waals surface area contributed by atoms with E-state index in [1.807, 2.05) is 18.5 Å². The minimum atomic E-state index is 0.580. The smallest absolute Gasteiger partial charge is 0.0371 e. The molecule has 0 amide bonds. The van der Waals surface area contributed by atoms with E-state index in [0.717, 1.165) is 26.2 Å². The highest BCUT2D eigenvalue weighted by Crippen LogP contribution is 2.26. The Morgan fingerprint density at radius 2 is 1.86 bits per heavy atom. The van der Waals surface area contributed by atoms with Crippen LogP contribution in [-0.2, 0) is 6.54 Å². The fourth-order valence-electron chi connectivity index (χ4n) is 3.94. The molecule has 2 aromatic rings. The Morgan fingerprint density at radius 1 is 1.14 bits per heavy atom. The Morgan fingerprint density at radius 3 is 2.43 bits per heavy atom. The molecule has 0 atom stereocenters. The van der Waals surface area contributed by atoms with Crippen molar-refractivity contribution < 1.29 is 0 Å². The maximum absolute atomic E-state index is 4.25. The summed E-state index contributed by atoms with van der Waals surface area (Å²) in [6.45, 7) is 13.2. The van der Waals surface area contributed by atoms with Gasteiger partial charge in [0.05, 0.1) is 0 Å². The summed E-state index contributed by atoms with van der Waals surface area (Å²) >= 11 is 0. The first kappa shape index (κ1) is 20.6. The number of nitrogens with zero attached hydrogens (tertiary/aromatic N) is 3. The average molecular weight is 378 g/mol. The van der Waals surface area contributed by atoms with Crippen molar-refractivity contribution in [2.75, 3.05) is 24.5 Å². The number of hydrogen-bond donors (Lipinski definition) is 0. The van der Waals surface area contributed by atoms with Crippen LogP contribution in [0.15, 0.2) is 60.4 Å². The molecule has 2 heterocycles. The molecule has 1 aliphatic rings. The molecule has 1 aromatic heterocycles. The molecule has 1 aliphatic heterocycles. The molecular formula is C25H35N3. The van der Waals surface area contributed by atoms with Gasteiger partial charge in [0.15, 0.2) is 0 Å². The first-order chi connectivity index (χ1) is 13.5. The summed E-state index contributed by atoms with van der Waals surface area (Å²) in [5, 5.41) is 0. The van der Waals surface area contributed by atoms with Crippen LogP contribution < -0.4 is 4.90 Å². The second kappa shape index (κ2) is 9.88. The van der Waals surface area contributed by atoms with Crippen LogP contribution in [0.3, 0.4) is 0 Å². The van der Waals surface area contributed by atoms with Crippen molar-refractivity contribution in [2.45, 2.75) is 59.0 Å². The second-order valence-electron chi connectivity index (χ2n) is 8.55. The molecule has 28 heavy (non-hydrogen) atoms. The van der Waals surface area contributed by atoms with E-state index >= 15 is 0 Å². The van der Waals surface area contributed by atoms with E-state index in [0.29, 0.717) is 12.0 Å². The van der Waals surface area contributed by atoms with Crippen molar-refractivity contribution >= 4 is 5.69 Å². The number of rotatable bonds is 7. The fourth-order valence-corrected chi connectivity index (χ4v) is 3.94. The van der Waals surface area contributed by atoms with Crippen LogP contribution in [0.2, 0.25) is 0 Å². The van der Waals surface area contributed by atoms with E-state index in [-0.39, 0.29) is 0 Å². The van der Waals surface area contributed by atoms with Crippen LogP contribution in [-0.4, -0.2) is 35.6 Å². The maximum Gasteiger partial charge on any atom is 0.0371 e. The van der Waals surface area contributed by atoms with E-state index in [1.54, 1.807) is 0 Å². The molecule has 1 fully saturated rings. The normalized spacial score (nSPS) is 15.6. The number of pyridine rings is 1. The zero-order chi connectivity index (χ0) is 19.9. The third-order valence-corrected chi connectivity index (χ3v) is 5.71. The lowest BCUT2D eigenvalue weighted by Crippen LogP contribution is -2.45. The van der Waals surface area contributed by atoms with Gasteiger partial charge in [0, 0.05) is 50.3 Å². The Kier molecular flexibility index (Phi) is 7.27. The summed E-state index contributed by atoms with van der Waals surface area (Å²) in [4.78, 5) is 9.43. The Labute approximate surface area is 171 Å². The van der Waals surface area contributed by atoms with Crippen molar-refractivity contribution in [3.05, 3.63) is 71.6 Å². The summed E-state index contributed by atoms with van der Waals surface area (Å²) in [6, 6.07) is 14.0. The minimum Gasteiger partial charge on any atom is -0.365 e. The van der Waals surface area contributed by atoms with Gasteiger partial charge in [-0.3, -0.25) is 9.88 Å². The lowest BCUT2D eigenvalue weighted by molar-refractivity contribution is 0.202. The molecule has 3 heteroatoms. The van der Waals surface area contributed by atoms with Crippen LogP contribution in [0.1, 0.15) is 57.6 Å². The molecule has 3 nitrogen and oxygen atoms in total. The topological polar surface area (TPSA) is 19.4 Å². The van der Waals surface area contributed by atoms with Crippen molar-refractivity contribution in [1.82, 2.24) is 9.88 Å². The Balaban J connectivity index is 1.66. The fraction of sp³-hybridized carbons (Fsp3) is 0.480. The first-order valence-corrected chi connectivity index (χ1v) is 10.6. The van der Waals surface area contributed by atoms with Crippen molar-refractivity contribution in [1.29, 1.82) is 0 Å². The molecule has 1 saturated heterocycles. The SMILES string of the molecule is CC(C)=CCN(c1ccc(C(C)C)cc1)C1CCN(Cc2cccnc2)CC1. The quantitative estimate of drug-likeness (QED) is 0.582. The molecule has 0 saturated carbocycles. The standard InChI is InChI=1S/C25H35N3/c1-20(2)11-17-28(24-9-7-23(8-10-24)21(3)4)25-12-15-27(16-13-25)19-22-6-5-14-26-18-22/h5-11,14,18,21,25H,12-13,15-17,19H2,1-4H3.